The highest BCUT2D eigenvalue weighted by Crippen LogP contribution is 2.24. The van der Waals surface area contributed by atoms with E-state index >= 15 is 0 Å². The van der Waals surface area contributed by atoms with Gasteiger partial charge < -0.3 is 10.6 Å². The van der Waals surface area contributed by atoms with Crippen molar-refractivity contribution in [1.82, 2.24) is 20.5 Å². The van der Waals surface area contributed by atoms with Crippen LogP contribution in [-0.4, -0.2) is 41.5 Å². The van der Waals surface area contributed by atoms with Crippen molar-refractivity contribution in [2.24, 2.45) is 4.99 Å². The fraction of sp³-hybridized carbons (Fsp3) is 0.545. The Labute approximate surface area is 196 Å². The van der Waals surface area contributed by atoms with Crippen molar-refractivity contribution < 1.29 is 0 Å². The summed E-state index contributed by atoms with van der Waals surface area (Å²) in [6.45, 7) is 11.6. The van der Waals surface area contributed by atoms with Gasteiger partial charge in [-0.15, -0.1) is 35.3 Å². The highest BCUT2D eigenvalue weighted by molar-refractivity contribution is 14.0. The van der Waals surface area contributed by atoms with Crippen LogP contribution in [0.2, 0.25) is 0 Å². The van der Waals surface area contributed by atoms with E-state index in [1.807, 2.05) is 7.05 Å². The van der Waals surface area contributed by atoms with Crippen LogP contribution in [-0.2, 0) is 18.5 Å². The number of nitrogens with zero attached hydrogens (tertiary/aromatic N) is 3. The van der Waals surface area contributed by atoms with E-state index < -0.39 is 0 Å². The van der Waals surface area contributed by atoms with Crippen LogP contribution < -0.4 is 10.6 Å². The highest BCUT2D eigenvalue weighted by atomic mass is 127. The van der Waals surface area contributed by atoms with Gasteiger partial charge in [-0.3, -0.25) is 9.89 Å². The molecule has 1 fully saturated rings. The van der Waals surface area contributed by atoms with Gasteiger partial charge in [0.05, 0.1) is 12.2 Å². The summed E-state index contributed by atoms with van der Waals surface area (Å²) in [7, 11) is 1.83. The molecule has 7 heteroatoms. The molecule has 1 aliphatic heterocycles. The topological polar surface area (TPSA) is 52.6 Å². The number of aromatic nitrogens is 1. The first kappa shape index (κ1) is 24.1. The van der Waals surface area contributed by atoms with Crippen LogP contribution in [0.3, 0.4) is 0 Å². The lowest BCUT2D eigenvalue weighted by molar-refractivity contribution is 0.258. The maximum atomic E-state index is 4.76. The highest BCUT2D eigenvalue weighted by Gasteiger charge is 2.29. The first-order valence-corrected chi connectivity index (χ1v) is 10.9. The Balaban J connectivity index is 0.00000300. The van der Waals surface area contributed by atoms with E-state index in [1.54, 1.807) is 11.3 Å². The minimum absolute atomic E-state index is 0. The van der Waals surface area contributed by atoms with Gasteiger partial charge in [0.1, 0.15) is 5.01 Å². The fourth-order valence-electron chi connectivity index (χ4n) is 3.53. The van der Waals surface area contributed by atoms with Crippen LogP contribution in [0.1, 0.15) is 50.4 Å². The average Bonchev–Trinajstić information content (AvgIpc) is 3.26. The Morgan fingerprint density at radius 2 is 2.00 bits per heavy atom. The van der Waals surface area contributed by atoms with Crippen molar-refractivity contribution in [2.45, 2.75) is 64.7 Å². The van der Waals surface area contributed by atoms with E-state index in [0.29, 0.717) is 18.6 Å². The molecule has 1 aromatic heterocycles. The largest absolute Gasteiger partial charge is 0.352 e. The summed E-state index contributed by atoms with van der Waals surface area (Å²) >= 11 is 1.71. The lowest BCUT2D eigenvalue weighted by Crippen LogP contribution is -2.44. The third-order valence-corrected chi connectivity index (χ3v) is 6.07. The second-order valence-corrected chi connectivity index (χ2v) is 9.59. The second kappa shape index (κ2) is 10.7. The molecule has 29 heavy (non-hydrogen) atoms. The lowest BCUT2D eigenvalue weighted by atomic mass is 9.93. The molecule has 2 N–H and O–H groups in total. The minimum atomic E-state index is 0. The van der Waals surface area contributed by atoms with Crippen molar-refractivity contribution in [1.29, 1.82) is 0 Å². The summed E-state index contributed by atoms with van der Waals surface area (Å²) in [4.78, 5) is 11.7. The van der Waals surface area contributed by atoms with Crippen LogP contribution >= 0.6 is 35.3 Å². The number of benzene rings is 1. The molecule has 2 atom stereocenters. The predicted molar refractivity (Wildman–Crippen MR) is 134 cm³/mol. The molecule has 1 saturated heterocycles. The number of hydrogen-bond donors (Lipinski definition) is 2. The van der Waals surface area contributed by atoms with Gasteiger partial charge in [0.2, 0.25) is 0 Å². The summed E-state index contributed by atoms with van der Waals surface area (Å²) in [5, 5.41) is 10.3. The molecule has 0 saturated carbocycles. The number of aliphatic imine (C=N–C) groups is 1. The van der Waals surface area contributed by atoms with Crippen LogP contribution in [0.4, 0.5) is 0 Å². The molecule has 0 bridgehead atoms. The predicted octanol–water partition coefficient (Wildman–Crippen LogP) is 4.39. The Morgan fingerprint density at radius 3 is 2.62 bits per heavy atom. The minimum Gasteiger partial charge on any atom is -0.352 e. The van der Waals surface area contributed by atoms with E-state index in [-0.39, 0.29) is 29.4 Å². The third kappa shape index (κ3) is 6.93. The molecular formula is C22H34IN5S. The number of halogens is 1. The molecule has 160 valence electrons. The van der Waals surface area contributed by atoms with Crippen LogP contribution in [0.15, 0.2) is 40.7 Å². The zero-order valence-electron chi connectivity index (χ0n) is 18.1. The zero-order valence-corrected chi connectivity index (χ0v) is 21.3. The number of rotatable bonds is 5. The summed E-state index contributed by atoms with van der Waals surface area (Å²) in [5.74, 6) is 0.853. The maximum absolute atomic E-state index is 4.76. The molecule has 3 rings (SSSR count). The van der Waals surface area contributed by atoms with Crippen LogP contribution in [0, 0.1) is 0 Å². The van der Waals surface area contributed by atoms with Crippen molar-refractivity contribution in [3.05, 3.63) is 52.0 Å². The number of nitrogens with one attached hydrogen (secondary N) is 2. The van der Waals surface area contributed by atoms with Crippen molar-refractivity contribution >= 4 is 41.3 Å². The SMILES string of the molecule is CN=C(NCc1nc(C(C)(C)C)cs1)NC1CC(C)N(Cc2ccccc2)C1.I. The van der Waals surface area contributed by atoms with Crippen molar-refractivity contribution in [2.75, 3.05) is 13.6 Å². The second-order valence-electron chi connectivity index (χ2n) is 8.64. The van der Waals surface area contributed by atoms with Crippen molar-refractivity contribution in [3.8, 4) is 0 Å². The van der Waals surface area contributed by atoms with E-state index in [2.05, 4.69) is 83.9 Å². The van der Waals surface area contributed by atoms with E-state index in [1.165, 1.54) is 5.56 Å². The number of likely N-dealkylation sites (tertiary alicyclic amines) is 1. The van der Waals surface area contributed by atoms with Gasteiger partial charge in [0, 0.05) is 43.0 Å². The lowest BCUT2D eigenvalue weighted by Gasteiger charge is -2.21. The molecule has 2 unspecified atom stereocenters. The third-order valence-electron chi connectivity index (χ3n) is 5.22. The molecule has 2 heterocycles. The Kier molecular flexibility index (Phi) is 8.91. The molecule has 0 amide bonds. The number of hydrogen-bond acceptors (Lipinski definition) is 4. The molecule has 0 aliphatic carbocycles. The van der Waals surface area contributed by atoms with E-state index in [4.69, 9.17) is 4.98 Å². The van der Waals surface area contributed by atoms with Gasteiger partial charge in [-0.05, 0) is 18.9 Å². The van der Waals surface area contributed by atoms with Gasteiger partial charge >= 0.3 is 0 Å². The van der Waals surface area contributed by atoms with Gasteiger partial charge in [-0.1, -0.05) is 51.1 Å². The summed E-state index contributed by atoms with van der Waals surface area (Å²) in [6, 6.07) is 11.7. The zero-order chi connectivity index (χ0) is 20.1. The van der Waals surface area contributed by atoms with E-state index in [0.717, 1.165) is 36.2 Å². The molecule has 5 nitrogen and oxygen atoms in total. The summed E-state index contributed by atoms with van der Waals surface area (Å²) < 4.78 is 0. The van der Waals surface area contributed by atoms with Crippen molar-refractivity contribution in [3.63, 3.8) is 0 Å². The summed E-state index contributed by atoms with van der Waals surface area (Å²) in [6.07, 6.45) is 1.12. The molecule has 1 aliphatic rings. The normalized spacial score (nSPS) is 20.4. The first-order chi connectivity index (χ1) is 13.3. The number of guanidine groups is 1. The number of thiazole rings is 1. The van der Waals surface area contributed by atoms with E-state index in [9.17, 15) is 0 Å². The van der Waals surface area contributed by atoms with Gasteiger partial charge in [0.15, 0.2) is 5.96 Å². The van der Waals surface area contributed by atoms with Gasteiger partial charge in [0.25, 0.3) is 0 Å². The molecule has 2 aromatic rings. The maximum Gasteiger partial charge on any atom is 0.191 e. The Bertz CT molecular complexity index is 784. The standard InChI is InChI=1S/C22H33N5S.HI/c1-16-11-18(14-27(16)13-17-9-7-6-8-10-17)25-21(23-5)24-12-20-26-19(15-28-20)22(2,3)4;/h6-10,15-16,18H,11-14H2,1-5H3,(H2,23,24,25);1H. The monoisotopic (exact) mass is 527 g/mol. The van der Waals surface area contributed by atoms with Crippen LogP contribution in [0.25, 0.3) is 0 Å². The van der Waals surface area contributed by atoms with Gasteiger partial charge in [-0.2, -0.15) is 0 Å². The molecule has 1 aromatic carbocycles. The molecule has 0 radical (unpaired) electrons. The molecule has 0 spiro atoms. The Hall–Kier alpha value is -1.19. The Morgan fingerprint density at radius 1 is 1.28 bits per heavy atom. The first-order valence-electron chi connectivity index (χ1n) is 10.0. The van der Waals surface area contributed by atoms with Gasteiger partial charge in [-0.25, -0.2) is 4.98 Å². The average molecular weight is 528 g/mol. The fourth-order valence-corrected chi connectivity index (χ4v) is 4.49. The smallest absolute Gasteiger partial charge is 0.191 e. The van der Waals surface area contributed by atoms with Crippen LogP contribution in [0.5, 0.6) is 0 Å². The quantitative estimate of drug-likeness (QED) is 0.344. The molecular weight excluding hydrogens is 493 g/mol. The summed E-state index contributed by atoms with van der Waals surface area (Å²) in [5.41, 5.74) is 2.62.